The minimum absolute atomic E-state index is 0.0107. The Balaban J connectivity index is 1.64. The third-order valence-electron chi connectivity index (χ3n) is 9.51. The van der Waals surface area contributed by atoms with Crippen LogP contribution in [0.1, 0.15) is 174 Å². The van der Waals surface area contributed by atoms with Gasteiger partial charge in [0.15, 0.2) is 11.3 Å². The van der Waals surface area contributed by atoms with Gasteiger partial charge in [0.2, 0.25) is 5.43 Å². The molecule has 0 bridgehead atoms. The fourth-order valence-electron chi connectivity index (χ4n) is 6.42. The molecule has 4 N–H and O–H groups in total. The maximum atomic E-state index is 13.5. The lowest BCUT2D eigenvalue weighted by Crippen LogP contribution is -2.30. The molecule has 1 aliphatic heterocycles. The molecular formula is C40H62N4O4. The third-order valence-corrected chi connectivity index (χ3v) is 9.51. The number of unbranched alkanes of at least 4 members (excludes halogenated alkanes) is 18. The van der Waals surface area contributed by atoms with Crippen molar-refractivity contribution in [1.29, 1.82) is 0 Å². The van der Waals surface area contributed by atoms with E-state index in [1.54, 1.807) is 13.0 Å². The largest absolute Gasteiger partial charge is 0.452 e. The molecule has 1 aromatic carbocycles. The van der Waals surface area contributed by atoms with Crippen LogP contribution in [0.2, 0.25) is 0 Å². The van der Waals surface area contributed by atoms with Gasteiger partial charge in [-0.05, 0) is 38.3 Å². The average molecular weight is 663 g/mol. The van der Waals surface area contributed by atoms with Crippen molar-refractivity contribution in [2.24, 2.45) is 0 Å². The first-order chi connectivity index (χ1) is 23.3. The van der Waals surface area contributed by atoms with E-state index in [4.69, 9.17) is 15.1 Å². The number of benzene rings is 2. The van der Waals surface area contributed by atoms with Crippen LogP contribution >= 0.6 is 0 Å². The van der Waals surface area contributed by atoms with Crippen molar-refractivity contribution in [3.63, 3.8) is 0 Å². The number of nitrogen functional groups attached to an aromatic ring is 1. The molecule has 0 atom stereocenters. The van der Waals surface area contributed by atoms with Crippen LogP contribution in [0.25, 0.3) is 22.6 Å². The van der Waals surface area contributed by atoms with Gasteiger partial charge in [0.05, 0.1) is 16.8 Å². The van der Waals surface area contributed by atoms with Gasteiger partial charge < -0.3 is 20.8 Å². The highest BCUT2D eigenvalue weighted by Gasteiger charge is 2.28. The van der Waals surface area contributed by atoms with Gasteiger partial charge >= 0.3 is 0 Å². The van der Waals surface area contributed by atoms with Crippen LogP contribution in [0.4, 0.5) is 5.69 Å². The lowest BCUT2D eigenvalue weighted by molar-refractivity contribution is 0.0946. The van der Waals surface area contributed by atoms with Crippen molar-refractivity contribution < 1.29 is 14.0 Å². The zero-order chi connectivity index (χ0) is 34.7. The summed E-state index contributed by atoms with van der Waals surface area (Å²) in [5, 5.41) is 5.99. The third kappa shape index (κ3) is 11.6. The van der Waals surface area contributed by atoms with E-state index in [0.717, 1.165) is 37.7 Å². The van der Waals surface area contributed by atoms with Gasteiger partial charge in [0.1, 0.15) is 11.2 Å². The molecule has 8 heteroatoms. The van der Waals surface area contributed by atoms with E-state index in [0.29, 0.717) is 35.3 Å². The van der Waals surface area contributed by atoms with E-state index in [2.05, 4.69) is 24.5 Å². The topological polar surface area (TPSA) is 127 Å². The number of aromatic nitrogens is 1. The van der Waals surface area contributed by atoms with E-state index in [9.17, 15) is 14.4 Å². The van der Waals surface area contributed by atoms with Crippen molar-refractivity contribution in [1.82, 2.24) is 15.6 Å². The number of hydrogen-bond acceptors (Lipinski definition) is 6. The van der Waals surface area contributed by atoms with Crippen LogP contribution in [0, 0.1) is 13.8 Å². The molecule has 0 saturated heterocycles. The molecule has 1 heterocycles. The first-order valence-corrected chi connectivity index (χ1v) is 19.0. The summed E-state index contributed by atoms with van der Waals surface area (Å²) in [5.41, 5.74) is 8.09. The smallest absolute Gasteiger partial charge is 0.255 e. The van der Waals surface area contributed by atoms with Gasteiger partial charge in [-0.1, -0.05) is 135 Å². The van der Waals surface area contributed by atoms with Crippen LogP contribution in [0.15, 0.2) is 21.3 Å². The molecule has 1 aliphatic carbocycles. The van der Waals surface area contributed by atoms with Gasteiger partial charge in [0, 0.05) is 18.7 Å². The molecule has 0 spiro atoms. The van der Waals surface area contributed by atoms with Crippen LogP contribution in [0.3, 0.4) is 0 Å². The highest BCUT2D eigenvalue weighted by Crippen LogP contribution is 2.34. The summed E-state index contributed by atoms with van der Waals surface area (Å²) in [6.45, 7) is 9.03. The Labute approximate surface area is 288 Å². The van der Waals surface area contributed by atoms with Crippen LogP contribution in [0.5, 0.6) is 0 Å². The Morgan fingerprint density at radius 3 is 1.65 bits per heavy atom. The number of aryl methyl sites for hydroxylation is 1. The number of carbonyl (C=O) groups excluding carboxylic acids is 2. The maximum Gasteiger partial charge on any atom is 0.255 e. The van der Waals surface area contributed by atoms with Crippen LogP contribution in [-0.4, -0.2) is 29.9 Å². The lowest BCUT2D eigenvalue weighted by atomic mass is 9.99. The van der Waals surface area contributed by atoms with Gasteiger partial charge in [-0.2, -0.15) is 0 Å². The fourth-order valence-corrected chi connectivity index (χ4v) is 6.42. The highest BCUT2D eigenvalue weighted by molar-refractivity contribution is 6.08. The zero-order valence-electron chi connectivity index (χ0n) is 30.4. The number of rotatable bonds is 24. The molecule has 0 saturated carbocycles. The molecule has 266 valence electrons. The van der Waals surface area contributed by atoms with Crippen molar-refractivity contribution in [2.45, 2.75) is 156 Å². The van der Waals surface area contributed by atoms with E-state index in [1.807, 2.05) is 13.0 Å². The molecule has 0 fully saturated rings. The summed E-state index contributed by atoms with van der Waals surface area (Å²) in [6, 6.07) is 3.56. The van der Waals surface area contributed by atoms with E-state index < -0.39 is 11.3 Å². The maximum absolute atomic E-state index is 13.5. The van der Waals surface area contributed by atoms with Crippen LogP contribution in [-0.2, 0) is 0 Å². The average Bonchev–Trinajstić information content (AvgIpc) is 3.08. The lowest BCUT2D eigenvalue weighted by Gasteiger charge is -2.17. The van der Waals surface area contributed by atoms with Gasteiger partial charge in [-0.3, -0.25) is 14.4 Å². The number of hydrogen-bond donors (Lipinski definition) is 3. The second-order valence-electron chi connectivity index (χ2n) is 13.6. The number of carbonyl (C=O) groups is 2. The van der Waals surface area contributed by atoms with Gasteiger partial charge in [0.25, 0.3) is 11.8 Å². The molecule has 0 aromatic heterocycles. The quantitative estimate of drug-likeness (QED) is 0.0498. The Morgan fingerprint density at radius 2 is 1.15 bits per heavy atom. The second kappa shape index (κ2) is 21.5. The highest BCUT2D eigenvalue weighted by atomic mass is 16.3. The number of nitrogens with two attached hydrogens (primary N) is 1. The molecular weight excluding hydrogens is 600 g/mol. The van der Waals surface area contributed by atoms with Crippen molar-refractivity contribution in [2.75, 3.05) is 18.8 Å². The molecule has 3 rings (SSSR count). The molecule has 48 heavy (non-hydrogen) atoms. The fraction of sp³-hybridized carbons (Fsp3) is 0.650. The minimum atomic E-state index is -0.452. The van der Waals surface area contributed by atoms with E-state index in [-0.39, 0.29) is 28.6 Å². The van der Waals surface area contributed by atoms with E-state index >= 15 is 0 Å². The summed E-state index contributed by atoms with van der Waals surface area (Å²) in [5.74, 6) is -0.473. The molecule has 0 radical (unpaired) electrons. The number of nitrogens with one attached hydrogen (secondary N) is 2. The predicted octanol–water partition coefficient (Wildman–Crippen LogP) is 9.79. The summed E-state index contributed by atoms with van der Waals surface area (Å²) in [7, 11) is 0. The van der Waals surface area contributed by atoms with Crippen molar-refractivity contribution >= 4 is 28.6 Å². The molecule has 2 aliphatic rings. The zero-order valence-corrected chi connectivity index (χ0v) is 30.4. The van der Waals surface area contributed by atoms with Crippen molar-refractivity contribution in [3.8, 4) is 11.5 Å². The minimum Gasteiger partial charge on any atom is -0.452 e. The number of fused-ring (bicyclic) bond motifs is 2. The SMILES string of the molecule is CCCCCCCCCCCCNC(=O)c1c2nc3c(C(=O)NCCCCCCCCCCCC)ccc(C)c3oc-2c(C)c(=O)c1N. The number of anilines is 1. The molecule has 2 amide bonds. The predicted molar refractivity (Wildman–Crippen MR) is 199 cm³/mol. The summed E-state index contributed by atoms with van der Waals surface area (Å²) < 4.78 is 6.27. The summed E-state index contributed by atoms with van der Waals surface area (Å²) in [6.07, 6.45) is 24.3. The molecule has 1 aromatic rings. The Hall–Kier alpha value is -3.42. The van der Waals surface area contributed by atoms with Gasteiger partial charge in [-0.25, -0.2) is 4.98 Å². The van der Waals surface area contributed by atoms with Crippen LogP contribution < -0.4 is 21.8 Å². The second-order valence-corrected chi connectivity index (χ2v) is 13.6. The summed E-state index contributed by atoms with van der Waals surface area (Å²) >= 11 is 0. The first-order valence-electron chi connectivity index (χ1n) is 19.0. The summed E-state index contributed by atoms with van der Waals surface area (Å²) in [4.78, 5) is 44.7. The monoisotopic (exact) mass is 662 g/mol. The number of amides is 2. The normalized spacial score (nSPS) is 11.4. The standard InChI is InChI=1S/C40H62N4O4/c1-5-7-9-11-13-15-17-19-21-23-27-42-39(46)31-26-25-29(3)37-34(31)44-35-32(33(41)36(45)30(4)38(35)48-37)40(47)43-28-24-22-20-18-16-14-12-10-8-6-2/h25-26H,5-24,27-28,41H2,1-4H3,(H,42,46)(H,43,47). The van der Waals surface area contributed by atoms with Gasteiger partial charge in [-0.15, -0.1) is 0 Å². The Kier molecular flexibility index (Phi) is 17.5. The van der Waals surface area contributed by atoms with Crippen molar-refractivity contribution in [3.05, 3.63) is 44.6 Å². The molecule has 0 unspecified atom stereocenters. The number of nitrogens with zero attached hydrogens (tertiary/aromatic N) is 1. The first kappa shape index (κ1) is 39.0. The Morgan fingerprint density at radius 1 is 0.688 bits per heavy atom. The van der Waals surface area contributed by atoms with E-state index in [1.165, 1.54) is 96.3 Å². The Bertz CT molecular complexity index is 1460. The molecule has 8 nitrogen and oxygen atoms in total.